The van der Waals surface area contributed by atoms with Gasteiger partial charge in [0, 0.05) is 18.4 Å². The van der Waals surface area contributed by atoms with E-state index in [9.17, 15) is 4.79 Å². The van der Waals surface area contributed by atoms with Gasteiger partial charge in [0.15, 0.2) is 0 Å². The van der Waals surface area contributed by atoms with E-state index in [1.54, 1.807) is 0 Å². The predicted octanol–water partition coefficient (Wildman–Crippen LogP) is 4.46. The predicted molar refractivity (Wildman–Crippen MR) is 93.0 cm³/mol. The van der Waals surface area contributed by atoms with Crippen LogP contribution in [0.2, 0.25) is 0 Å². The highest BCUT2D eigenvalue weighted by atomic mass is 16.6. The van der Waals surface area contributed by atoms with E-state index in [0.29, 0.717) is 18.4 Å². The molecule has 3 atom stereocenters. The molecule has 0 saturated carbocycles. The van der Waals surface area contributed by atoms with Crippen molar-refractivity contribution in [1.29, 1.82) is 0 Å². The van der Waals surface area contributed by atoms with Crippen molar-refractivity contribution in [3.63, 3.8) is 0 Å². The number of hydrogen-bond acceptors (Lipinski definition) is 2. The van der Waals surface area contributed by atoms with Gasteiger partial charge in [0.2, 0.25) is 0 Å². The first kappa shape index (κ1) is 15.9. The lowest BCUT2D eigenvalue weighted by Gasteiger charge is -2.27. The van der Waals surface area contributed by atoms with E-state index in [1.807, 2.05) is 6.08 Å². The van der Waals surface area contributed by atoms with E-state index in [2.05, 4.69) is 53.9 Å². The monoisotopic (exact) mass is 311 g/mol. The van der Waals surface area contributed by atoms with Crippen LogP contribution in [0.5, 0.6) is 0 Å². The van der Waals surface area contributed by atoms with Gasteiger partial charge < -0.3 is 10.1 Å². The Bertz CT molecular complexity index is 568. The van der Waals surface area contributed by atoms with E-state index in [-0.39, 0.29) is 12.2 Å². The molecule has 0 saturated heterocycles. The molecule has 0 spiro atoms. The lowest BCUT2D eigenvalue weighted by atomic mass is 9.79. The Morgan fingerprint density at radius 1 is 1.09 bits per heavy atom. The molecule has 3 nitrogen and oxygen atoms in total. The zero-order valence-electron chi connectivity index (χ0n) is 13.5. The maximum atomic E-state index is 12.1. The summed E-state index contributed by atoms with van der Waals surface area (Å²) in [6.45, 7) is 0.541. The Balaban J connectivity index is 1.49. The van der Waals surface area contributed by atoms with Crippen LogP contribution in [-0.2, 0) is 4.74 Å². The quantitative estimate of drug-likeness (QED) is 0.782. The Morgan fingerprint density at radius 3 is 2.91 bits per heavy atom. The third-order valence-corrected chi connectivity index (χ3v) is 4.65. The third kappa shape index (κ3) is 4.47. The second-order valence-corrected chi connectivity index (χ2v) is 6.36. The van der Waals surface area contributed by atoms with Crippen LogP contribution in [0.3, 0.4) is 0 Å². The van der Waals surface area contributed by atoms with Gasteiger partial charge in [0.05, 0.1) is 0 Å². The van der Waals surface area contributed by atoms with E-state index in [1.165, 1.54) is 18.4 Å². The number of hydrogen-bond donors (Lipinski definition) is 1. The summed E-state index contributed by atoms with van der Waals surface area (Å²) >= 11 is 0. The van der Waals surface area contributed by atoms with Gasteiger partial charge in [-0.2, -0.15) is 0 Å². The topological polar surface area (TPSA) is 38.3 Å². The first-order valence-corrected chi connectivity index (χ1v) is 8.66. The Morgan fingerprint density at radius 2 is 1.96 bits per heavy atom. The van der Waals surface area contributed by atoms with Gasteiger partial charge in [0.25, 0.3) is 0 Å². The Kier molecular flexibility index (Phi) is 5.51. The molecule has 0 fully saturated rings. The molecule has 0 bridgehead atoms. The summed E-state index contributed by atoms with van der Waals surface area (Å²) in [6, 6.07) is 0. The number of amides is 1. The fraction of sp³-hybridized carbons (Fsp3) is 0.450. The first-order valence-electron chi connectivity index (χ1n) is 8.66. The lowest BCUT2D eigenvalue weighted by Crippen LogP contribution is -2.32. The van der Waals surface area contributed by atoms with Crippen LogP contribution in [0.4, 0.5) is 4.79 Å². The van der Waals surface area contributed by atoms with Crippen LogP contribution < -0.4 is 5.32 Å². The average Bonchev–Trinajstić information content (AvgIpc) is 2.55. The molecule has 0 heterocycles. The molecule has 3 heteroatoms. The van der Waals surface area contributed by atoms with E-state index in [0.717, 1.165) is 19.3 Å². The van der Waals surface area contributed by atoms with Crippen molar-refractivity contribution in [2.75, 3.05) is 6.54 Å². The minimum Gasteiger partial charge on any atom is -0.442 e. The summed E-state index contributed by atoms with van der Waals surface area (Å²) in [6.07, 6.45) is 24.3. The second-order valence-electron chi connectivity index (χ2n) is 6.36. The minimum absolute atomic E-state index is 0.0826. The number of ether oxygens (including phenoxy) is 1. The van der Waals surface area contributed by atoms with Crippen molar-refractivity contribution >= 4 is 6.09 Å². The molecule has 0 aromatic carbocycles. The van der Waals surface area contributed by atoms with Crippen molar-refractivity contribution in [3.05, 3.63) is 60.3 Å². The van der Waals surface area contributed by atoms with E-state index >= 15 is 0 Å². The van der Waals surface area contributed by atoms with Crippen LogP contribution in [0.25, 0.3) is 0 Å². The highest BCUT2D eigenvalue weighted by Crippen LogP contribution is 2.30. The molecule has 0 radical (unpaired) electrons. The van der Waals surface area contributed by atoms with Gasteiger partial charge in [-0.3, -0.25) is 0 Å². The minimum atomic E-state index is -0.317. The Hall–Kier alpha value is -2.03. The van der Waals surface area contributed by atoms with Crippen LogP contribution in [0.1, 0.15) is 32.1 Å². The molecule has 23 heavy (non-hydrogen) atoms. The fourth-order valence-corrected chi connectivity index (χ4v) is 3.35. The summed E-state index contributed by atoms with van der Waals surface area (Å²) in [7, 11) is 0. The number of carbonyl (C=O) groups excluding carboxylic acids is 1. The van der Waals surface area contributed by atoms with Gasteiger partial charge in [-0.15, -0.1) is 0 Å². The summed E-state index contributed by atoms with van der Waals surface area (Å²) < 4.78 is 5.54. The highest BCUT2D eigenvalue weighted by Gasteiger charge is 2.23. The van der Waals surface area contributed by atoms with E-state index in [4.69, 9.17) is 4.74 Å². The van der Waals surface area contributed by atoms with Gasteiger partial charge in [0.1, 0.15) is 6.10 Å². The standard InChI is InChI=1S/C20H25NO2/c22-20(23-18-12-4-2-1-3-5-13-18)21-15-17-11-8-10-16-9-6-7-14-19(16)17/h4,6-12,14,16,18-19H,1-3,5,13,15H2,(H,21,22)/b12-4+. The lowest BCUT2D eigenvalue weighted by molar-refractivity contribution is 0.114. The summed E-state index contributed by atoms with van der Waals surface area (Å²) in [5.74, 6) is 0.762. The largest absolute Gasteiger partial charge is 0.442 e. The molecule has 0 aromatic rings. The number of carbonyl (C=O) groups is 1. The molecule has 3 aliphatic carbocycles. The third-order valence-electron chi connectivity index (χ3n) is 4.65. The molecule has 3 unspecified atom stereocenters. The average molecular weight is 311 g/mol. The zero-order valence-corrected chi connectivity index (χ0v) is 13.5. The molecule has 1 N–H and O–H groups in total. The van der Waals surface area contributed by atoms with Crippen molar-refractivity contribution in [1.82, 2.24) is 5.32 Å². The maximum absolute atomic E-state index is 12.1. The smallest absolute Gasteiger partial charge is 0.407 e. The van der Waals surface area contributed by atoms with Crippen molar-refractivity contribution in [2.24, 2.45) is 11.8 Å². The molecule has 0 aromatic heterocycles. The SMILES string of the molecule is O=C(NCC1=CC=CC2C=CC=CC12)OC1/C=C/CCCCC1. The van der Waals surface area contributed by atoms with Gasteiger partial charge >= 0.3 is 6.09 Å². The molecular formula is C20H25NO2. The van der Waals surface area contributed by atoms with Gasteiger partial charge in [-0.25, -0.2) is 4.79 Å². The molecule has 1 amide bonds. The normalized spacial score (nSPS) is 30.6. The van der Waals surface area contributed by atoms with Crippen molar-refractivity contribution in [3.8, 4) is 0 Å². The van der Waals surface area contributed by atoms with Gasteiger partial charge in [-0.1, -0.05) is 55.0 Å². The Labute approximate surface area is 138 Å². The van der Waals surface area contributed by atoms with Gasteiger partial charge in [-0.05, 0) is 37.3 Å². The number of rotatable bonds is 3. The summed E-state index contributed by atoms with van der Waals surface area (Å²) in [5.41, 5.74) is 1.23. The zero-order chi connectivity index (χ0) is 15.9. The molecule has 0 aliphatic heterocycles. The van der Waals surface area contributed by atoms with Crippen LogP contribution in [0.15, 0.2) is 60.3 Å². The van der Waals surface area contributed by atoms with E-state index < -0.39 is 0 Å². The van der Waals surface area contributed by atoms with Crippen LogP contribution in [-0.4, -0.2) is 18.7 Å². The number of alkyl carbamates (subject to hydrolysis) is 1. The second kappa shape index (κ2) is 8.00. The molecule has 3 aliphatic rings. The van der Waals surface area contributed by atoms with Crippen LogP contribution >= 0.6 is 0 Å². The van der Waals surface area contributed by atoms with Crippen molar-refractivity contribution in [2.45, 2.75) is 38.2 Å². The van der Waals surface area contributed by atoms with Crippen LogP contribution in [0, 0.1) is 11.8 Å². The maximum Gasteiger partial charge on any atom is 0.407 e. The summed E-state index contributed by atoms with van der Waals surface area (Å²) in [5, 5.41) is 2.91. The number of allylic oxidation sites excluding steroid dienone is 8. The fourth-order valence-electron chi connectivity index (χ4n) is 3.35. The molecule has 3 rings (SSSR count). The molecule has 122 valence electrons. The highest BCUT2D eigenvalue weighted by molar-refractivity contribution is 5.68. The summed E-state index contributed by atoms with van der Waals surface area (Å²) in [4.78, 5) is 12.1. The van der Waals surface area contributed by atoms with Crippen molar-refractivity contribution < 1.29 is 9.53 Å². The first-order chi connectivity index (χ1) is 11.3. The molecular weight excluding hydrogens is 286 g/mol. The number of nitrogens with one attached hydrogen (secondary N) is 1. The number of fused-ring (bicyclic) bond motifs is 1.